The van der Waals surface area contributed by atoms with Crippen molar-refractivity contribution in [1.82, 2.24) is 0 Å². The Morgan fingerprint density at radius 3 is 2.67 bits per heavy atom. The highest BCUT2D eigenvalue weighted by Gasteiger charge is 1.94. The van der Waals surface area contributed by atoms with E-state index in [0.717, 1.165) is 10.0 Å². The van der Waals surface area contributed by atoms with E-state index in [1.165, 1.54) is 0 Å². The molecule has 3 heteroatoms. The van der Waals surface area contributed by atoms with Crippen LogP contribution in [-0.2, 0) is 6.54 Å². The molecule has 12 heavy (non-hydrogen) atoms. The second-order valence-electron chi connectivity index (χ2n) is 2.00. The van der Waals surface area contributed by atoms with Gasteiger partial charge in [-0.15, -0.1) is 0 Å². The third-order valence-electron chi connectivity index (χ3n) is 1.27. The van der Waals surface area contributed by atoms with Crippen molar-refractivity contribution in [2.24, 2.45) is 4.99 Å². The number of hydrogen-bond acceptors (Lipinski definition) is 2. The van der Waals surface area contributed by atoms with Gasteiger partial charge in [0, 0.05) is 4.47 Å². The first kappa shape index (κ1) is 11.5. The van der Waals surface area contributed by atoms with Gasteiger partial charge in [-0.05, 0) is 23.8 Å². The normalized spacial score (nSPS) is 8.08. The lowest BCUT2D eigenvalue weighted by molar-refractivity contribution is 1.07. The number of isothiocyanates is 1. The maximum atomic E-state index is 4.46. The summed E-state index contributed by atoms with van der Waals surface area (Å²) in [7, 11) is 0. The summed E-state index contributed by atoms with van der Waals surface area (Å²) in [5.41, 5.74) is 1.13. The van der Waals surface area contributed by atoms with E-state index >= 15 is 0 Å². The largest absolute Gasteiger partial charge is 0.228 e. The molecule has 1 aromatic carbocycles. The van der Waals surface area contributed by atoms with Crippen molar-refractivity contribution in [2.75, 3.05) is 0 Å². The van der Waals surface area contributed by atoms with Crippen LogP contribution in [0, 0.1) is 0 Å². The molecule has 64 valence electrons. The molecule has 0 radical (unpaired) electrons. The molecule has 1 aromatic rings. The lowest BCUT2D eigenvalue weighted by Gasteiger charge is -1.96. The molecule has 0 aliphatic heterocycles. The minimum atomic E-state index is 0. The Hall–Kier alpha value is -0.500. The smallest absolute Gasteiger partial charge is 0.0754 e. The Labute approximate surface area is 86.7 Å². The summed E-state index contributed by atoms with van der Waals surface area (Å²) in [6.45, 7) is 0.602. The van der Waals surface area contributed by atoms with Gasteiger partial charge in [0.2, 0.25) is 0 Å². The Balaban J connectivity index is 0.00000121. The zero-order valence-electron chi connectivity index (χ0n) is 5.75. The molecule has 0 saturated carbocycles. The summed E-state index contributed by atoms with van der Waals surface area (Å²) in [6, 6.07) is 7.92. The van der Waals surface area contributed by atoms with Crippen LogP contribution in [0.2, 0.25) is 0 Å². The molecular weight excluding hydrogens is 234 g/mol. The first-order valence-electron chi connectivity index (χ1n) is 3.11. The molecule has 0 aromatic heterocycles. The van der Waals surface area contributed by atoms with Gasteiger partial charge < -0.3 is 0 Å². The molecule has 0 amide bonds. The second kappa shape index (κ2) is 6.06. The molecule has 0 saturated heterocycles. The fourth-order valence-corrected chi connectivity index (χ4v) is 1.22. The van der Waals surface area contributed by atoms with Crippen molar-refractivity contribution in [1.29, 1.82) is 0 Å². The van der Waals surface area contributed by atoms with Gasteiger partial charge >= 0.3 is 0 Å². The Morgan fingerprint density at radius 1 is 1.42 bits per heavy atom. The predicted molar refractivity (Wildman–Crippen MR) is 59.6 cm³/mol. The van der Waals surface area contributed by atoms with Gasteiger partial charge in [-0.1, -0.05) is 41.6 Å². The number of aliphatic imine (C=N–C) groups is 1. The lowest BCUT2D eigenvalue weighted by atomic mass is 10.2. The summed E-state index contributed by atoms with van der Waals surface area (Å²) in [5, 5.41) is 2.33. The maximum Gasteiger partial charge on any atom is 0.0754 e. The zero-order valence-corrected chi connectivity index (χ0v) is 8.15. The number of hydrogen-bond donors (Lipinski definition) is 0. The van der Waals surface area contributed by atoms with Crippen LogP contribution in [0.5, 0.6) is 0 Å². The minimum absolute atomic E-state index is 0. The molecule has 0 unspecified atom stereocenters. The van der Waals surface area contributed by atoms with Gasteiger partial charge in [0.05, 0.1) is 11.7 Å². The van der Waals surface area contributed by atoms with E-state index in [-0.39, 0.29) is 7.43 Å². The molecular formula is C9H10BrNS. The fraction of sp³-hybridized carbons (Fsp3) is 0.222. The Morgan fingerprint density at radius 2 is 2.08 bits per heavy atom. The van der Waals surface area contributed by atoms with E-state index in [1.54, 1.807) is 0 Å². The van der Waals surface area contributed by atoms with Gasteiger partial charge in [0.25, 0.3) is 0 Å². The molecule has 0 heterocycles. The quantitative estimate of drug-likeness (QED) is 0.571. The minimum Gasteiger partial charge on any atom is -0.228 e. The van der Waals surface area contributed by atoms with Crippen molar-refractivity contribution >= 4 is 33.3 Å². The number of benzene rings is 1. The van der Waals surface area contributed by atoms with E-state index in [9.17, 15) is 0 Å². The van der Waals surface area contributed by atoms with Crippen molar-refractivity contribution in [2.45, 2.75) is 14.0 Å². The molecule has 0 bridgehead atoms. The van der Waals surface area contributed by atoms with Crippen molar-refractivity contribution in [3.05, 3.63) is 34.3 Å². The average molecular weight is 244 g/mol. The summed E-state index contributed by atoms with van der Waals surface area (Å²) >= 11 is 7.87. The second-order valence-corrected chi connectivity index (χ2v) is 3.04. The molecule has 0 N–H and O–H groups in total. The van der Waals surface area contributed by atoms with E-state index < -0.39 is 0 Å². The Bertz CT molecular complexity index is 292. The van der Waals surface area contributed by atoms with Crippen molar-refractivity contribution in [3.63, 3.8) is 0 Å². The Kier molecular flexibility index (Phi) is 5.81. The zero-order chi connectivity index (χ0) is 8.10. The van der Waals surface area contributed by atoms with E-state index in [0.29, 0.717) is 6.54 Å². The predicted octanol–water partition coefficient (Wildman–Crippen LogP) is 3.69. The lowest BCUT2D eigenvalue weighted by Crippen LogP contribution is -1.80. The van der Waals surface area contributed by atoms with E-state index in [2.05, 4.69) is 38.3 Å². The first-order valence-corrected chi connectivity index (χ1v) is 4.32. The number of rotatable bonds is 2. The summed E-state index contributed by atoms with van der Waals surface area (Å²) in [6.07, 6.45) is 0. The van der Waals surface area contributed by atoms with Gasteiger partial charge in [-0.2, -0.15) is 0 Å². The third kappa shape index (κ3) is 3.26. The van der Waals surface area contributed by atoms with Crippen LogP contribution < -0.4 is 0 Å². The molecule has 0 aliphatic rings. The highest BCUT2D eigenvalue weighted by Crippen LogP contribution is 2.15. The van der Waals surface area contributed by atoms with Crippen molar-refractivity contribution in [3.8, 4) is 0 Å². The first-order chi connectivity index (χ1) is 5.34. The molecule has 0 aliphatic carbocycles. The van der Waals surface area contributed by atoms with Gasteiger partial charge in [-0.3, -0.25) is 0 Å². The van der Waals surface area contributed by atoms with Crippen LogP contribution in [0.15, 0.2) is 33.7 Å². The van der Waals surface area contributed by atoms with E-state index in [1.807, 2.05) is 24.3 Å². The van der Waals surface area contributed by atoms with Gasteiger partial charge in [-0.25, -0.2) is 4.99 Å². The van der Waals surface area contributed by atoms with Crippen molar-refractivity contribution < 1.29 is 0 Å². The highest BCUT2D eigenvalue weighted by atomic mass is 79.9. The maximum absolute atomic E-state index is 4.46. The van der Waals surface area contributed by atoms with Crippen LogP contribution in [-0.4, -0.2) is 5.16 Å². The van der Waals surface area contributed by atoms with Gasteiger partial charge in [0.1, 0.15) is 0 Å². The number of nitrogens with zero attached hydrogens (tertiary/aromatic N) is 1. The molecule has 0 atom stereocenters. The monoisotopic (exact) mass is 243 g/mol. The fourth-order valence-electron chi connectivity index (χ4n) is 0.744. The topological polar surface area (TPSA) is 12.4 Å². The van der Waals surface area contributed by atoms with Crippen LogP contribution in [0.4, 0.5) is 0 Å². The van der Waals surface area contributed by atoms with Crippen LogP contribution in [0.1, 0.15) is 13.0 Å². The molecule has 0 fully saturated rings. The summed E-state index contributed by atoms with van der Waals surface area (Å²) in [5.74, 6) is 0. The summed E-state index contributed by atoms with van der Waals surface area (Å²) in [4.78, 5) is 3.84. The average Bonchev–Trinajstić information content (AvgIpc) is 2.03. The van der Waals surface area contributed by atoms with Crippen LogP contribution in [0.3, 0.4) is 0 Å². The van der Waals surface area contributed by atoms with Crippen LogP contribution in [0.25, 0.3) is 0 Å². The van der Waals surface area contributed by atoms with Crippen LogP contribution >= 0.6 is 28.1 Å². The summed E-state index contributed by atoms with van der Waals surface area (Å²) < 4.78 is 1.06. The molecule has 1 rings (SSSR count). The molecule has 1 nitrogen and oxygen atoms in total. The molecule has 0 spiro atoms. The number of halogens is 1. The highest BCUT2D eigenvalue weighted by molar-refractivity contribution is 9.10. The van der Waals surface area contributed by atoms with E-state index in [4.69, 9.17) is 0 Å². The SMILES string of the molecule is C.S=C=NCc1ccccc1Br. The third-order valence-corrected chi connectivity index (χ3v) is 2.17. The number of thiocarbonyl (C=S) groups is 1. The standard InChI is InChI=1S/C8H6BrNS.CH4/c9-8-4-2-1-3-7(8)5-10-6-11;/h1-4H,5H2;1H4. The van der Waals surface area contributed by atoms with Gasteiger partial charge in [0.15, 0.2) is 0 Å².